The monoisotopic (exact) mass is 331 g/mol. The van der Waals surface area contributed by atoms with Crippen LogP contribution in [0.3, 0.4) is 0 Å². The number of rotatable bonds is 9. The molecule has 1 fully saturated rings. The van der Waals surface area contributed by atoms with Gasteiger partial charge in [0, 0.05) is 19.6 Å². The molecule has 1 aliphatic rings. The lowest BCUT2D eigenvalue weighted by Crippen LogP contribution is -2.40. The number of benzene rings is 1. The van der Waals surface area contributed by atoms with Gasteiger partial charge in [0.25, 0.3) is 0 Å². The van der Waals surface area contributed by atoms with E-state index in [1.54, 1.807) is 0 Å². The van der Waals surface area contributed by atoms with Crippen molar-refractivity contribution in [1.29, 1.82) is 0 Å². The van der Waals surface area contributed by atoms with Crippen LogP contribution in [0.15, 0.2) is 24.3 Å². The molecule has 134 valence electrons. The lowest BCUT2D eigenvalue weighted by atomic mass is 9.99. The molecule has 0 saturated carbocycles. The molecule has 1 heterocycles. The Morgan fingerprint density at radius 1 is 1.33 bits per heavy atom. The summed E-state index contributed by atoms with van der Waals surface area (Å²) in [5.74, 6) is 0.317. The summed E-state index contributed by atoms with van der Waals surface area (Å²) >= 11 is 0. The third-order valence-electron chi connectivity index (χ3n) is 4.81. The molecule has 1 unspecified atom stereocenters. The first-order valence-corrected chi connectivity index (χ1v) is 9.51. The van der Waals surface area contributed by atoms with Gasteiger partial charge in [-0.25, -0.2) is 0 Å². The Labute approximate surface area is 147 Å². The Bertz CT molecular complexity index is 497. The van der Waals surface area contributed by atoms with Crippen molar-refractivity contribution in [2.75, 3.05) is 26.2 Å². The summed E-state index contributed by atoms with van der Waals surface area (Å²) in [7, 11) is 0. The van der Waals surface area contributed by atoms with E-state index in [9.17, 15) is 4.79 Å². The molecule has 0 bridgehead atoms. The summed E-state index contributed by atoms with van der Waals surface area (Å²) in [4.78, 5) is 14.7. The van der Waals surface area contributed by atoms with Gasteiger partial charge in [0.15, 0.2) is 0 Å². The Morgan fingerprint density at radius 3 is 2.88 bits per heavy atom. The Kier molecular flexibility index (Phi) is 8.26. The number of amides is 1. The van der Waals surface area contributed by atoms with Crippen molar-refractivity contribution in [2.24, 2.45) is 5.92 Å². The maximum atomic E-state index is 12.2. The van der Waals surface area contributed by atoms with Crippen LogP contribution in [-0.2, 0) is 17.9 Å². The van der Waals surface area contributed by atoms with Crippen LogP contribution in [-0.4, -0.2) is 37.0 Å². The molecule has 2 rings (SSSR count). The minimum Gasteiger partial charge on any atom is -0.352 e. The standard InChI is InChI=1S/C20H33N3O/c1-3-5-12-23(4-2)16-18-9-6-8-17(13-18)14-22-20(24)19-10-7-11-21-15-19/h6,8-9,13,19,21H,3-5,7,10-12,14-16H2,1-2H3,(H,22,24). The Hall–Kier alpha value is -1.39. The smallest absolute Gasteiger partial charge is 0.224 e. The van der Waals surface area contributed by atoms with Gasteiger partial charge in [0.2, 0.25) is 5.91 Å². The SMILES string of the molecule is CCCCN(CC)Cc1cccc(CNC(=O)C2CCCNC2)c1. The molecule has 1 amide bonds. The zero-order chi connectivity index (χ0) is 17.2. The second-order valence-electron chi connectivity index (χ2n) is 6.80. The maximum absolute atomic E-state index is 12.2. The van der Waals surface area contributed by atoms with E-state index >= 15 is 0 Å². The number of nitrogens with one attached hydrogen (secondary N) is 2. The highest BCUT2D eigenvalue weighted by Gasteiger charge is 2.20. The van der Waals surface area contributed by atoms with Crippen LogP contribution in [0.4, 0.5) is 0 Å². The molecule has 4 nitrogen and oxygen atoms in total. The van der Waals surface area contributed by atoms with E-state index in [4.69, 9.17) is 0 Å². The van der Waals surface area contributed by atoms with Crippen molar-refractivity contribution in [3.05, 3.63) is 35.4 Å². The molecule has 1 saturated heterocycles. The highest BCUT2D eigenvalue weighted by Crippen LogP contribution is 2.12. The number of piperidine rings is 1. The highest BCUT2D eigenvalue weighted by molar-refractivity contribution is 5.78. The predicted octanol–water partition coefficient (Wildman–Crippen LogP) is 2.92. The van der Waals surface area contributed by atoms with Crippen molar-refractivity contribution in [3.8, 4) is 0 Å². The maximum Gasteiger partial charge on any atom is 0.224 e. The van der Waals surface area contributed by atoms with Gasteiger partial charge in [0.1, 0.15) is 0 Å². The molecule has 4 heteroatoms. The number of hydrogen-bond donors (Lipinski definition) is 2. The van der Waals surface area contributed by atoms with Gasteiger partial charge in [-0.15, -0.1) is 0 Å². The third kappa shape index (κ3) is 6.25. The zero-order valence-corrected chi connectivity index (χ0v) is 15.3. The Balaban J connectivity index is 1.84. The van der Waals surface area contributed by atoms with Crippen molar-refractivity contribution in [3.63, 3.8) is 0 Å². The summed E-state index contributed by atoms with van der Waals surface area (Å²) in [6, 6.07) is 8.62. The zero-order valence-electron chi connectivity index (χ0n) is 15.3. The first-order valence-electron chi connectivity index (χ1n) is 9.51. The average Bonchev–Trinajstić information content (AvgIpc) is 2.64. The van der Waals surface area contributed by atoms with Crippen LogP contribution < -0.4 is 10.6 Å². The quantitative estimate of drug-likeness (QED) is 0.731. The number of nitrogens with zero attached hydrogens (tertiary/aromatic N) is 1. The van der Waals surface area contributed by atoms with Crippen molar-refractivity contribution in [2.45, 2.75) is 52.6 Å². The molecule has 0 radical (unpaired) electrons. The van der Waals surface area contributed by atoms with E-state index in [1.807, 2.05) is 0 Å². The van der Waals surface area contributed by atoms with Gasteiger partial charge in [0.05, 0.1) is 5.92 Å². The van der Waals surface area contributed by atoms with Gasteiger partial charge in [-0.1, -0.05) is 44.5 Å². The first kappa shape index (κ1) is 18.9. The van der Waals surface area contributed by atoms with Crippen molar-refractivity contribution < 1.29 is 4.79 Å². The van der Waals surface area contributed by atoms with Crippen LogP contribution >= 0.6 is 0 Å². The second kappa shape index (κ2) is 10.5. The summed E-state index contributed by atoms with van der Waals surface area (Å²) in [6.07, 6.45) is 4.58. The molecule has 1 aliphatic heterocycles. The summed E-state index contributed by atoms with van der Waals surface area (Å²) in [5, 5.41) is 6.41. The average molecular weight is 332 g/mol. The lowest BCUT2D eigenvalue weighted by molar-refractivity contribution is -0.125. The van der Waals surface area contributed by atoms with Crippen molar-refractivity contribution in [1.82, 2.24) is 15.5 Å². The number of carbonyl (C=O) groups is 1. The molecule has 0 aromatic heterocycles. The number of carbonyl (C=O) groups excluding carboxylic acids is 1. The molecular formula is C20H33N3O. The highest BCUT2D eigenvalue weighted by atomic mass is 16.1. The van der Waals surface area contributed by atoms with E-state index in [2.05, 4.69) is 53.6 Å². The molecule has 1 aromatic rings. The minimum atomic E-state index is 0.131. The van der Waals surface area contributed by atoms with Crippen molar-refractivity contribution >= 4 is 5.91 Å². The van der Waals surface area contributed by atoms with E-state index in [1.165, 1.54) is 24.0 Å². The van der Waals surface area contributed by atoms with Gasteiger partial charge in [-0.2, -0.15) is 0 Å². The molecule has 1 aromatic carbocycles. The van der Waals surface area contributed by atoms with Gasteiger partial charge >= 0.3 is 0 Å². The van der Waals surface area contributed by atoms with E-state index in [-0.39, 0.29) is 11.8 Å². The third-order valence-corrected chi connectivity index (χ3v) is 4.81. The summed E-state index contributed by atoms with van der Waals surface area (Å²) in [5.41, 5.74) is 2.52. The van der Waals surface area contributed by atoms with Crippen LogP contribution in [0.25, 0.3) is 0 Å². The topological polar surface area (TPSA) is 44.4 Å². The number of unbranched alkanes of at least 4 members (excludes halogenated alkanes) is 1. The molecule has 2 N–H and O–H groups in total. The fourth-order valence-electron chi connectivity index (χ4n) is 3.24. The fraction of sp³-hybridized carbons (Fsp3) is 0.650. The van der Waals surface area contributed by atoms with Crippen LogP contribution in [0, 0.1) is 5.92 Å². The first-order chi connectivity index (χ1) is 11.7. The minimum absolute atomic E-state index is 0.131. The molecular weight excluding hydrogens is 298 g/mol. The lowest BCUT2D eigenvalue weighted by Gasteiger charge is -2.22. The molecule has 0 aliphatic carbocycles. The van der Waals surface area contributed by atoms with Gasteiger partial charge in [-0.05, 0) is 50.0 Å². The van der Waals surface area contributed by atoms with E-state index in [0.717, 1.165) is 45.6 Å². The predicted molar refractivity (Wildman–Crippen MR) is 99.7 cm³/mol. The number of hydrogen-bond acceptors (Lipinski definition) is 3. The van der Waals surface area contributed by atoms with Gasteiger partial charge < -0.3 is 10.6 Å². The van der Waals surface area contributed by atoms with Crippen LogP contribution in [0.2, 0.25) is 0 Å². The largest absolute Gasteiger partial charge is 0.352 e. The Morgan fingerprint density at radius 2 is 2.17 bits per heavy atom. The molecule has 1 atom stereocenters. The summed E-state index contributed by atoms with van der Waals surface area (Å²) in [6.45, 7) is 10.2. The fourth-order valence-corrected chi connectivity index (χ4v) is 3.24. The van der Waals surface area contributed by atoms with Gasteiger partial charge in [-0.3, -0.25) is 9.69 Å². The molecule has 24 heavy (non-hydrogen) atoms. The normalized spacial score (nSPS) is 17.9. The van der Waals surface area contributed by atoms with Crippen LogP contribution in [0.1, 0.15) is 50.7 Å². The summed E-state index contributed by atoms with van der Waals surface area (Å²) < 4.78 is 0. The molecule has 0 spiro atoms. The van der Waals surface area contributed by atoms with Crippen LogP contribution in [0.5, 0.6) is 0 Å². The van der Waals surface area contributed by atoms with E-state index < -0.39 is 0 Å². The second-order valence-corrected chi connectivity index (χ2v) is 6.80. The van der Waals surface area contributed by atoms with E-state index in [0.29, 0.717) is 6.54 Å².